The number of aliphatic carboxylic acids is 1. The third kappa shape index (κ3) is 1.86. The van der Waals surface area contributed by atoms with Crippen LogP contribution in [0.25, 0.3) is 16.6 Å². The van der Waals surface area contributed by atoms with E-state index >= 15 is 0 Å². The molecular weight excluding hydrogens is 314 g/mol. The molecular formula is C16H15N3O5. The van der Waals surface area contributed by atoms with Crippen LogP contribution in [0.15, 0.2) is 28.7 Å². The summed E-state index contributed by atoms with van der Waals surface area (Å²) < 4.78 is 0. The normalized spacial score (nSPS) is 24.2. The molecule has 0 spiro atoms. The van der Waals surface area contributed by atoms with E-state index in [0.29, 0.717) is 28.6 Å². The van der Waals surface area contributed by atoms with Crippen LogP contribution in [0.2, 0.25) is 0 Å². The predicted octanol–water partition coefficient (Wildman–Crippen LogP) is 0.263. The molecule has 4 N–H and O–H groups in total. The minimum atomic E-state index is -1.17. The van der Waals surface area contributed by atoms with Crippen molar-refractivity contribution >= 4 is 28.5 Å². The Bertz CT molecular complexity index is 967. The summed E-state index contributed by atoms with van der Waals surface area (Å²) in [6, 6.07) is 4.77. The van der Waals surface area contributed by atoms with Crippen LogP contribution in [0.5, 0.6) is 0 Å². The van der Waals surface area contributed by atoms with Gasteiger partial charge in [-0.25, -0.2) is 9.59 Å². The third-order valence-electron chi connectivity index (χ3n) is 4.80. The van der Waals surface area contributed by atoms with Crippen LogP contribution in [0.3, 0.4) is 0 Å². The zero-order chi connectivity index (χ0) is 17.2. The first kappa shape index (κ1) is 14.7. The van der Waals surface area contributed by atoms with Gasteiger partial charge in [-0.3, -0.25) is 4.79 Å². The second-order valence-corrected chi connectivity index (χ2v) is 6.22. The Hall–Kier alpha value is -2.87. The van der Waals surface area contributed by atoms with Crippen molar-refractivity contribution in [2.45, 2.75) is 25.5 Å². The maximum Gasteiger partial charge on any atom is 0.352 e. The van der Waals surface area contributed by atoms with Crippen molar-refractivity contribution < 1.29 is 19.8 Å². The average Bonchev–Trinajstić information content (AvgIpc) is 3.02. The molecule has 8 nitrogen and oxygen atoms in total. The van der Waals surface area contributed by atoms with Gasteiger partial charge in [0.2, 0.25) is 5.91 Å². The molecule has 2 aromatic rings. The molecule has 1 saturated heterocycles. The summed E-state index contributed by atoms with van der Waals surface area (Å²) in [6.45, 7) is 1.54. The summed E-state index contributed by atoms with van der Waals surface area (Å²) >= 11 is 0. The summed E-state index contributed by atoms with van der Waals surface area (Å²) in [4.78, 5) is 41.8. The highest BCUT2D eigenvalue weighted by atomic mass is 16.4. The van der Waals surface area contributed by atoms with E-state index in [1.165, 1.54) is 11.8 Å². The molecule has 0 unspecified atom stereocenters. The topological polar surface area (TPSA) is 126 Å². The molecule has 1 amide bonds. The Morgan fingerprint density at radius 2 is 2.00 bits per heavy atom. The number of hydrogen-bond donors (Lipinski definition) is 4. The highest BCUT2D eigenvalue weighted by molar-refractivity contribution is 6.06. The minimum Gasteiger partial charge on any atom is -0.477 e. The lowest BCUT2D eigenvalue weighted by atomic mass is 9.82. The van der Waals surface area contributed by atoms with Crippen LogP contribution in [0.1, 0.15) is 18.9 Å². The number of nitrogens with one attached hydrogen (secondary N) is 2. The molecule has 124 valence electrons. The largest absolute Gasteiger partial charge is 0.477 e. The quantitative estimate of drug-likeness (QED) is 0.601. The standard InChI is InChI=1S/C16H15N3O5/c1-6(20)12-11-5-8(13(15(22)23)19(11)14(12)21)7-2-3-9-10(4-7)18-16(24)17-9/h2-4,6,11-12,20H,5H2,1H3,(H,22,23)(H2,17,18,24)/t6-,11-,12-/m1/s1. The molecule has 0 aliphatic carbocycles. The molecule has 2 aliphatic heterocycles. The Labute approximate surface area is 135 Å². The fourth-order valence-electron chi connectivity index (χ4n) is 3.75. The number of aromatic amines is 2. The molecule has 4 rings (SSSR count). The van der Waals surface area contributed by atoms with Gasteiger partial charge in [0.15, 0.2) is 0 Å². The molecule has 8 heteroatoms. The molecule has 2 aliphatic rings. The fourth-order valence-corrected chi connectivity index (χ4v) is 3.75. The predicted molar refractivity (Wildman–Crippen MR) is 83.9 cm³/mol. The highest BCUT2D eigenvalue weighted by Gasteiger charge is 2.56. The summed E-state index contributed by atoms with van der Waals surface area (Å²) in [5, 5.41) is 19.3. The van der Waals surface area contributed by atoms with Crippen LogP contribution in [0, 0.1) is 5.92 Å². The summed E-state index contributed by atoms with van der Waals surface area (Å²) in [5.41, 5.74) is 1.99. The lowest BCUT2D eigenvalue weighted by molar-refractivity contribution is -0.161. The van der Waals surface area contributed by atoms with Crippen LogP contribution >= 0.6 is 0 Å². The SMILES string of the molecule is C[C@@H](O)[C@H]1C(=O)N2C(C(=O)O)=C(c3ccc4[nH]c(=O)[nH]c4c3)C[C@H]12. The first-order valence-corrected chi connectivity index (χ1v) is 7.58. The van der Waals surface area contributed by atoms with Gasteiger partial charge in [0, 0.05) is 0 Å². The molecule has 1 aromatic carbocycles. The van der Waals surface area contributed by atoms with Crippen LogP contribution in [-0.4, -0.2) is 49.1 Å². The van der Waals surface area contributed by atoms with Gasteiger partial charge in [-0.2, -0.15) is 0 Å². The number of imidazole rings is 1. The van der Waals surface area contributed by atoms with E-state index in [1.54, 1.807) is 18.2 Å². The smallest absolute Gasteiger partial charge is 0.352 e. The van der Waals surface area contributed by atoms with E-state index < -0.39 is 18.0 Å². The zero-order valence-electron chi connectivity index (χ0n) is 12.7. The maximum atomic E-state index is 12.2. The highest BCUT2D eigenvalue weighted by Crippen LogP contribution is 2.47. The Kier molecular flexibility index (Phi) is 2.95. The molecule has 0 saturated carbocycles. The number of amides is 1. The zero-order valence-corrected chi connectivity index (χ0v) is 12.7. The van der Waals surface area contributed by atoms with E-state index in [9.17, 15) is 24.6 Å². The lowest BCUT2D eigenvalue weighted by Crippen LogP contribution is -2.61. The van der Waals surface area contributed by atoms with E-state index in [0.717, 1.165) is 0 Å². The fraction of sp³-hybridized carbons (Fsp3) is 0.312. The van der Waals surface area contributed by atoms with Crippen molar-refractivity contribution in [2.24, 2.45) is 5.92 Å². The molecule has 0 bridgehead atoms. The minimum absolute atomic E-state index is 0.0425. The first-order chi connectivity index (χ1) is 11.4. The molecule has 24 heavy (non-hydrogen) atoms. The van der Waals surface area contributed by atoms with Gasteiger partial charge in [-0.1, -0.05) is 6.07 Å². The Balaban J connectivity index is 1.82. The van der Waals surface area contributed by atoms with Gasteiger partial charge in [-0.05, 0) is 36.6 Å². The van der Waals surface area contributed by atoms with Gasteiger partial charge in [0.25, 0.3) is 0 Å². The number of aromatic nitrogens is 2. The van der Waals surface area contributed by atoms with Crippen molar-refractivity contribution in [3.05, 3.63) is 39.9 Å². The van der Waals surface area contributed by atoms with E-state index in [1.807, 2.05) is 0 Å². The maximum absolute atomic E-state index is 12.2. The number of rotatable bonds is 3. The summed E-state index contributed by atoms with van der Waals surface area (Å²) in [7, 11) is 0. The molecule has 0 radical (unpaired) electrons. The number of carboxylic acids is 1. The number of aliphatic hydroxyl groups is 1. The number of benzene rings is 1. The summed E-state index contributed by atoms with van der Waals surface area (Å²) in [6.07, 6.45) is -0.458. The van der Waals surface area contributed by atoms with Crippen LogP contribution in [-0.2, 0) is 9.59 Å². The van der Waals surface area contributed by atoms with Crippen LogP contribution in [0.4, 0.5) is 0 Å². The number of β-lactam (4-membered cyclic amide) rings is 1. The van der Waals surface area contributed by atoms with Crippen molar-refractivity contribution in [1.29, 1.82) is 0 Å². The third-order valence-corrected chi connectivity index (χ3v) is 4.80. The average molecular weight is 329 g/mol. The molecule has 1 fully saturated rings. The first-order valence-electron chi connectivity index (χ1n) is 7.58. The van der Waals surface area contributed by atoms with Crippen molar-refractivity contribution in [3.63, 3.8) is 0 Å². The Morgan fingerprint density at radius 3 is 2.67 bits per heavy atom. The summed E-state index contributed by atoms with van der Waals surface area (Å²) in [5.74, 6) is -2.11. The monoisotopic (exact) mass is 329 g/mol. The second-order valence-electron chi connectivity index (χ2n) is 6.22. The number of aliphatic hydroxyl groups excluding tert-OH is 1. The molecule has 1 aromatic heterocycles. The number of fused-ring (bicyclic) bond motifs is 2. The second kappa shape index (κ2) is 4.81. The van der Waals surface area contributed by atoms with Crippen molar-refractivity contribution in [3.8, 4) is 0 Å². The van der Waals surface area contributed by atoms with Gasteiger partial charge in [-0.15, -0.1) is 0 Å². The number of hydrogen-bond acceptors (Lipinski definition) is 4. The van der Waals surface area contributed by atoms with Crippen molar-refractivity contribution in [2.75, 3.05) is 0 Å². The van der Waals surface area contributed by atoms with E-state index in [4.69, 9.17) is 0 Å². The van der Waals surface area contributed by atoms with Gasteiger partial charge in [0.05, 0.1) is 29.1 Å². The molecule has 3 heterocycles. The number of carbonyl (C=O) groups excluding carboxylic acids is 1. The van der Waals surface area contributed by atoms with Gasteiger partial charge < -0.3 is 25.1 Å². The number of nitrogens with zero attached hydrogens (tertiary/aromatic N) is 1. The molecule has 3 atom stereocenters. The van der Waals surface area contributed by atoms with Gasteiger partial charge in [0.1, 0.15) is 5.70 Å². The van der Waals surface area contributed by atoms with Crippen molar-refractivity contribution in [1.82, 2.24) is 14.9 Å². The Morgan fingerprint density at radius 1 is 1.29 bits per heavy atom. The van der Waals surface area contributed by atoms with Gasteiger partial charge >= 0.3 is 11.7 Å². The van der Waals surface area contributed by atoms with Crippen LogP contribution < -0.4 is 5.69 Å². The number of carboxylic acid groups (broad SMARTS) is 1. The number of carbonyl (C=O) groups is 2. The number of H-pyrrole nitrogens is 2. The lowest BCUT2D eigenvalue weighted by Gasteiger charge is -2.44. The van der Waals surface area contributed by atoms with E-state index in [2.05, 4.69) is 9.97 Å². The van der Waals surface area contributed by atoms with E-state index in [-0.39, 0.29) is 23.3 Å².